The van der Waals surface area contributed by atoms with Gasteiger partial charge in [-0.1, -0.05) is 0 Å². The maximum absolute atomic E-state index is 14.7. The second-order valence-electron chi connectivity index (χ2n) is 8.76. The van der Waals surface area contributed by atoms with Crippen molar-refractivity contribution < 1.29 is 28.3 Å². The molecule has 1 fully saturated rings. The number of aromatic amines is 1. The Morgan fingerprint density at radius 3 is 2.62 bits per heavy atom. The van der Waals surface area contributed by atoms with Crippen molar-refractivity contribution in [3.05, 3.63) is 60.1 Å². The standard InChI is InChI=1S/C26H29FN8O5/c1-2-40-20(37)6-5-19(36)16-4-3-7-30-25(16)34-10-12-35(13-11-34)26(39)23(38)17-14-31-22-21(17)18(27)15-32-24(22)29-8-9-33-28/h3-4,7-9,14-15,31,33H,2,5-6,10-13,28H2,1H3,(H,29,32)/b9-8-. The highest BCUT2D eigenvalue weighted by Crippen LogP contribution is 2.28. The van der Waals surface area contributed by atoms with Gasteiger partial charge in [0.05, 0.1) is 41.3 Å². The minimum atomic E-state index is -0.859. The first-order chi connectivity index (χ1) is 19.3. The van der Waals surface area contributed by atoms with Crippen molar-refractivity contribution in [3.63, 3.8) is 0 Å². The Kier molecular flexibility index (Phi) is 9.01. The number of hydrazine groups is 1. The number of ether oxygens (including phenoxy) is 1. The molecule has 0 aromatic carbocycles. The summed E-state index contributed by atoms with van der Waals surface area (Å²) in [4.78, 5) is 65.1. The summed E-state index contributed by atoms with van der Waals surface area (Å²) in [5, 5.41) is 2.76. The van der Waals surface area contributed by atoms with Crippen LogP contribution in [0.1, 0.15) is 40.5 Å². The highest BCUT2D eigenvalue weighted by molar-refractivity contribution is 6.45. The molecule has 0 aliphatic carbocycles. The van der Waals surface area contributed by atoms with Gasteiger partial charge in [0.2, 0.25) is 0 Å². The number of hydrogen-bond donors (Lipinski definition) is 4. The first kappa shape index (κ1) is 28.2. The van der Waals surface area contributed by atoms with E-state index in [-0.39, 0.29) is 60.6 Å². The van der Waals surface area contributed by atoms with Gasteiger partial charge in [0.1, 0.15) is 5.82 Å². The predicted octanol–water partition coefficient (Wildman–Crippen LogP) is 1.50. The molecule has 0 bridgehead atoms. The van der Waals surface area contributed by atoms with Crippen LogP contribution in [0.5, 0.6) is 0 Å². The summed E-state index contributed by atoms with van der Waals surface area (Å²) in [5.41, 5.74) is 2.79. The number of rotatable bonds is 11. The summed E-state index contributed by atoms with van der Waals surface area (Å²) < 4.78 is 19.6. The molecule has 4 rings (SSSR count). The van der Waals surface area contributed by atoms with Crippen LogP contribution in [0.4, 0.5) is 16.0 Å². The van der Waals surface area contributed by atoms with Gasteiger partial charge in [-0.3, -0.25) is 25.0 Å². The number of nitrogens with two attached hydrogens (primary N) is 1. The Bertz CT molecular complexity index is 1450. The van der Waals surface area contributed by atoms with Gasteiger partial charge >= 0.3 is 5.97 Å². The molecule has 14 heteroatoms. The van der Waals surface area contributed by atoms with Crippen LogP contribution in [0.3, 0.4) is 0 Å². The van der Waals surface area contributed by atoms with Gasteiger partial charge < -0.3 is 30.3 Å². The lowest BCUT2D eigenvalue weighted by atomic mass is 10.1. The van der Waals surface area contributed by atoms with E-state index in [1.807, 2.05) is 4.90 Å². The summed E-state index contributed by atoms with van der Waals surface area (Å²) in [6, 6.07) is 3.28. The van der Waals surface area contributed by atoms with Crippen LogP contribution in [-0.4, -0.2) is 76.1 Å². The number of anilines is 2. The third-order valence-electron chi connectivity index (χ3n) is 6.32. The van der Waals surface area contributed by atoms with E-state index in [2.05, 4.69) is 25.7 Å². The second kappa shape index (κ2) is 12.8. The second-order valence-corrected chi connectivity index (χ2v) is 8.76. The van der Waals surface area contributed by atoms with E-state index in [1.165, 1.54) is 23.5 Å². The van der Waals surface area contributed by atoms with E-state index in [4.69, 9.17) is 10.6 Å². The molecule has 0 spiro atoms. The number of esters is 1. The van der Waals surface area contributed by atoms with E-state index in [9.17, 15) is 23.6 Å². The van der Waals surface area contributed by atoms with E-state index < -0.39 is 23.5 Å². The Hall–Kier alpha value is -4.85. The number of nitrogens with one attached hydrogen (secondary N) is 3. The average molecular weight is 553 g/mol. The molecule has 13 nitrogen and oxygen atoms in total. The summed E-state index contributed by atoms with van der Waals surface area (Å²) in [6.45, 7) is 2.95. The number of amides is 1. The number of piperazine rings is 1. The molecule has 40 heavy (non-hydrogen) atoms. The van der Waals surface area contributed by atoms with Crippen molar-refractivity contribution in [2.75, 3.05) is 43.0 Å². The Labute approximate surface area is 228 Å². The molecule has 0 atom stereocenters. The number of H-pyrrole nitrogens is 1. The number of fused-ring (bicyclic) bond motifs is 1. The molecule has 1 aliphatic rings. The van der Waals surface area contributed by atoms with Gasteiger partial charge in [-0.2, -0.15) is 0 Å². The van der Waals surface area contributed by atoms with Gasteiger partial charge in [0, 0.05) is 57.4 Å². The molecular weight excluding hydrogens is 523 g/mol. The lowest BCUT2D eigenvalue weighted by molar-refractivity contribution is -0.143. The van der Waals surface area contributed by atoms with E-state index in [1.54, 1.807) is 25.3 Å². The van der Waals surface area contributed by atoms with Crippen molar-refractivity contribution in [2.45, 2.75) is 19.8 Å². The number of ketones is 2. The van der Waals surface area contributed by atoms with Crippen molar-refractivity contribution in [1.82, 2.24) is 25.3 Å². The summed E-state index contributed by atoms with van der Waals surface area (Å²) in [7, 11) is 0. The van der Waals surface area contributed by atoms with Crippen LogP contribution in [0, 0.1) is 5.82 Å². The minimum Gasteiger partial charge on any atom is -0.466 e. The number of nitrogens with zero attached hydrogens (tertiary/aromatic N) is 4. The van der Waals surface area contributed by atoms with Crippen LogP contribution in [0.15, 0.2) is 43.1 Å². The zero-order valence-corrected chi connectivity index (χ0v) is 21.8. The number of pyridine rings is 2. The topological polar surface area (TPSA) is 176 Å². The predicted molar refractivity (Wildman–Crippen MR) is 144 cm³/mol. The zero-order valence-electron chi connectivity index (χ0n) is 21.8. The van der Waals surface area contributed by atoms with Crippen molar-refractivity contribution in [3.8, 4) is 0 Å². The number of carbonyl (C=O) groups excluding carboxylic acids is 4. The first-order valence-corrected chi connectivity index (χ1v) is 12.6. The Morgan fingerprint density at radius 2 is 1.90 bits per heavy atom. The first-order valence-electron chi connectivity index (χ1n) is 12.6. The van der Waals surface area contributed by atoms with Crippen molar-refractivity contribution in [1.29, 1.82) is 0 Å². The Morgan fingerprint density at radius 1 is 1.12 bits per heavy atom. The van der Waals surface area contributed by atoms with E-state index in [0.29, 0.717) is 24.5 Å². The van der Waals surface area contributed by atoms with Crippen LogP contribution < -0.4 is 21.5 Å². The largest absolute Gasteiger partial charge is 0.466 e. The summed E-state index contributed by atoms with van der Waals surface area (Å²) in [5.74, 6) is 2.79. The SMILES string of the molecule is CCOC(=O)CCC(=O)c1cccnc1N1CCN(C(=O)C(=O)c2c[nH]c3c(N/C=C\NN)ncc(F)c23)CC1. The van der Waals surface area contributed by atoms with E-state index in [0.717, 1.165) is 6.20 Å². The molecule has 1 amide bonds. The molecule has 0 unspecified atom stereocenters. The molecule has 1 aliphatic heterocycles. The maximum atomic E-state index is 14.7. The normalized spacial score (nSPS) is 13.5. The van der Waals surface area contributed by atoms with Crippen LogP contribution in [0.2, 0.25) is 0 Å². The highest BCUT2D eigenvalue weighted by Gasteiger charge is 2.31. The van der Waals surface area contributed by atoms with Crippen molar-refractivity contribution in [2.24, 2.45) is 5.84 Å². The van der Waals surface area contributed by atoms with Gasteiger partial charge in [-0.25, -0.2) is 14.4 Å². The fourth-order valence-electron chi connectivity index (χ4n) is 4.40. The summed E-state index contributed by atoms with van der Waals surface area (Å²) in [6.07, 6.45) is 6.58. The van der Waals surface area contributed by atoms with Crippen LogP contribution in [0.25, 0.3) is 10.9 Å². The number of aromatic nitrogens is 3. The third kappa shape index (κ3) is 6.07. The lowest BCUT2D eigenvalue weighted by Gasteiger charge is -2.35. The molecule has 3 aromatic rings. The number of hydrogen-bond acceptors (Lipinski definition) is 11. The lowest BCUT2D eigenvalue weighted by Crippen LogP contribution is -2.51. The quantitative estimate of drug-likeness (QED) is 0.0892. The highest BCUT2D eigenvalue weighted by atomic mass is 19.1. The van der Waals surface area contributed by atoms with Gasteiger partial charge in [0.25, 0.3) is 11.7 Å². The van der Waals surface area contributed by atoms with Crippen molar-refractivity contribution >= 4 is 46.0 Å². The average Bonchev–Trinajstić information content (AvgIpc) is 3.43. The molecule has 210 valence electrons. The zero-order chi connectivity index (χ0) is 28.6. The smallest absolute Gasteiger partial charge is 0.306 e. The monoisotopic (exact) mass is 552 g/mol. The molecule has 5 N–H and O–H groups in total. The molecular formula is C26H29FN8O5. The van der Waals surface area contributed by atoms with Crippen LogP contribution >= 0.6 is 0 Å². The fourth-order valence-corrected chi connectivity index (χ4v) is 4.40. The van der Waals surface area contributed by atoms with Gasteiger partial charge in [0.15, 0.2) is 17.4 Å². The van der Waals surface area contributed by atoms with Crippen LogP contribution in [-0.2, 0) is 14.3 Å². The summed E-state index contributed by atoms with van der Waals surface area (Å²) >= 11 is 0. The number of carbonyl (C=O) groups is 4. The van der Waals surface area contributed by atoms with E-state index >= 15 is 0 Å². The van der Waals surface area contributed by atoms with Gasteiger partial charge in [-0.15, -0.1) is 0 Å². The Balaban J connectivity index is 1.44. The molecule has 1 saturated heterocycles. The number of halogens is 1. The molecule has 4 heterocycles. The van der Waals surface area contributed by atoms with Gasteiger partial charge in [-0.05, 0) is 19.1 Å². The molecule has 0 radical (unpaired) electrons. The fraction of sp³-hybridized carbons (Fsp3) is 0.308. The number of Topliss-reactive ketones (excluding diaryl/α,β-unsaturated/α-hetero) is 2. The molecule has 0 saturated carbocycles. The third-order valence-corrected chi connectivity index (χ3v) is 6.32. The maximum Gasteiger partial charge on any atom is 0.306 e. The molecule has 3 aromatic heterocycles. The minimum absolute atomic E-state index is 0.0153.